The molecule has 2 aliphatic heterocycles. The van der Waals surface area contributed by atoms with E-state index in [1.807, 2.05) is 55.5 Å². The Labute approximate surface area is 215 Å². The Balaban J connectivity index is 1.73. The predicted octanol–water partition coefficient (Wildman–Crippen LogP) is 5.83. The molecule has 5 rings (SSSR count). The number of esters is 2. The van der Waals surface area contributed by atoms with Crippen molar-refractivity contribution in [3.63, 3.8) is 0 Å². The summed E-state index contributed by atoms with van der Waals surface area (Å²) < 4.78 is 25.9. The minimum Gasteiger partial charge on any atom is -0.422 e. The standard InChI is InChI=1S/C26H26Br2O6/c1-15-14-31-25(32-15)12-20(16-4-8-18(27)9-5-16)26(22(29)33-24(2,3)34-23(26)30)21(13-25)17-6-10-19(28)11-7-17/h4-11,15,20-21H,12-14H2,1-3H3. The SMILES string of the molecule is CC1COC2(CC(c3ccc(Br)cc3)C3(C(=O)OC(C)(C)OC3=O)C(c3ccc(Br)cc3)C2)O1. The molecule has 0 radical (unpaired) electrons. The van der Waals surface area contributed by atoms with Gasteiger partial charge >= 0.3 is 11.9 Å². The van der Waals surface area contributed by atoms with Gasteiger partial charge in [-0.25, -0.2) is 0 Å². The molecule has 1 aliphatic carbocycles. The molecule has 0 aromatic heterocycles. The van der Waals surface area contributed by atoms with Crippen molar-refractivity contribution in [1.29, 1.82) is 0 Å². The minimum absolute atomic E-state index is 0.0885. The molecule has 3 unspecified atom stereocenters. The Kier molecular flexibility index (Phi) is 5.95. The molecule has 180 valence electrons. The van der Waals surface area contributed by atoms with Gasteiger partial charge in [-0.3, -0.25) is 9.59 Å². The van der Waals surface area contributed by atoms with Crippen LogP contribution in [0.1, 0.15) is 56.6 Å². The number of cyclic esters (lactones) is 2. The van der Waals surface area contributed by atoms with Crippen molar-refractivity contribution < 1.29 is 28.5 Å². The molecule has 0 bridgehead atoms. The van der Waals surface area contributed by atoms with Gasteiger partial charge in [-0.05, 0) is 42.3 Å². The zero-order chi connectivity index (χ0) is 24.3. The first-order valence-corrected chi connectivity index (χ1v) is 12.9. The largest absolute Gasteiger partial charge is 0.422 e. The van der Waals surface area contributed by atoms with Crippen LogP contribution in [0.25, 0.3) is 0 Å². The zero-order valence-electron chi connectivity index (χ0n) is 19.2. The third-order valence-electron chi connectivity index (χ3n) is 7.02. The lowest BCUT2D eigenvalue weighted by Crippen LogP contribution is -2.63. The normalized spacial score (nSPS) is 32.0. The Morgan fingerprint density at radius 1 is 0.794 bits per heavy atom. The molecule has 2 aromatic rings. The molecule has 3 aliphatic rings. The molecular weight excluding hydrogens is 568 g/mol. The Hall–Kier alpha value is -1.74. The second kappa shape index (κ2) is 8.43. The molecule has 2 saturated heterocycles. The fourth-order valence-corrected chi connectivity index (χ4v) is 6.16. The van der Waals surface area contributed by atoms with Gasteiger partial charge in [0.2, 0.25) is 0 Å². The molecular formula is C26H26Br2O6. The summed E-state index contributed by atoms with van der Waals surface area (Å²) in [6.07, 6.45) is 0.571. The quantitative estimate of drug-likeness (QED) is 0.322. The van der Waals surface area contributed by atoms with Crippen molar-refractivity contribution in [1.82, 2.24) is 0 Å². The molecule has 6 nitrogen and oxygen atoms in total. The Morgan fingerprint density at radius 2 is 1.24 bits per heavy atom. The minimum atomic E-state index is -1.58. The Morgan fingerprint density at radius 3 is 1.62 bits per heavy atom. The number of benzene rings is 2. The van der Waals surface area contributed by atoms with E-state index in [0.717, 1.165) is 20.1 Å². The van der Waals surface area contributed by atoms with Crippen LogP contribution in [-0.4, -0.2) is 36.2 Å². The maximum absolute atomic E-state index is 13.9. The second-order valence-corrected chi connectivity index (χ2v) is 11.6. The van der Waals surface area contributed by atoms with Gasteiger partial charge in [-0.2, -0.15) is 0 Å². The summed E-state index contributed by atoms with van der Waals surface area (Å²) in [7, 11) is 0. The van der Waals surface area contributed by atoms with E-state index in [1.54, 1.807) is 13.8 Å². The van der Waals surface area contributed by atoms with Gasteiger partial charge in [0.05, 0.1) is 12.7 Å². The van der Waals surface area contributed by atoms with Gasteiger partial charge < -0.3 is 18.9 Å². The van der Waals surface area contributed by atoms with Crippen LogP contribution in [0, 0.1) is 5.41 Å². The van der Waals surface area contributed by atoms with Crippen LogP contribution in [0.5, 0.6) is 0 Å². The van der Waals surface area contributed by atoms with Crippen LogP contribution < -0.4 is 0 Å². The number of rotatable bonds is 2. The van der Waals surface area contributed by atoms with Crippen LogP contribution in [0.4, 0.5) is 0 Å². The highest BCUT2D eigenvalue weighted by Crippen LogP contribution is 2.62. The van der Waals surface area contributed by atoms with Gasteiger partial charge in [0, 0.05) is 47.5 Å². The number of ether oxygens (including phenoxy) is 4. The molecule has 2 aromatic carbocycles. The first kappa shape index (κ1) is 24.0. The number of carbonyl (C=O) groups excluding carboxylic acids is 2. The van der Waals surface area contributed by atoms with Crippen LogP contribution in [-0.2, 0) is 28.5 Å². The summed E-state index contributed by atoms with van der Waals surface area (Å²) >= 11 is 6.96. The average Bonchev–Trinajstić information content (AvgIpc) is 3.12. The number of hydrogen-bond donors (Lipinski definition) is 0. The molecule has 1 saturated carbocycles. The zero-order valence-corrected chi connectivity index (χ0v) is 22.3. The van der Waals surface area contributed by atoms with Gasteiger partial charge in [-0.15, -0.1) is 0 Å². The molecule has 2 spiro atoms. The van der Waals surface area contributed by atoms with E-state index in [0.29, 0.717) is 19.4 Å². The van der Waals surface area contributed by atoms with Crippen molar-refractivity contribution >= 4 is 43.8 Å². The number of halogens is 2. The molecule has 2 heterocycles. The van der Waals surface area contributed by atoms with Gasteiger partial charge in [0.25, 0.3) is 5.79 Å². The topological polar surface area (TPSA) is 71.1 Å². The van der Waals surface area contributed by atoms with Crippen molar-refractivity contribution in [2.24, 2.45) is 5.41 Å². The van der Waals surface area contributed by atoms with Gasteiger partial charge in [0.1, 0.15) is 0 Å². The van der Waals surface area contributed by atoms with E-state index in [1.165, 1.54) is 0 Å². The van der Waals surface area contributed by atoms with Gasteiger partial charge in [0.15, 0.2) is 11.2 Å². The van der Waals surface area contributed by atoms with Crippen molar-refractivity contribution in [2.75, 3.05) is 6.61 Å². The highest BCUT2D eigenvalue weighted by molar-refractivity contribution is 9.10. The smallest absolute Gasteiger partial charge is 0.328 e. The van der Waals surface area contributed by atoms with Crippen LogP contribution in [0.15, 0.2) is 57.5 Å². The van der Waals surface area contributed by atoms with E-state index < -0.39 is 40.8 Å². The summed E-state index contributed by atoms with van der Waals surface area (Å²) in [5.41, 5.74) is 0.0653. The van der Waals surface area contributed by atoms with Crippen molar-refractivity contribution in [3.05, 3.63) is 68.6 Å². The molecule has 34 heavy (non-hydrogen) atoms. The molecule has 8 heteroatoms. The lowest BCUT2D eigenvalue weighted by atomic mass is 9.54. The lowest BCUT2D eigenvalue weighted by Gasteiger charge is -2.54. The number of hydrogen-bond acceptors (Lipinski definition) is 6. The van der Waals surface area contributed by atoms with Crippen LogP contribution in [0.3, 0.4) is 0 Å². The maximum atomic E-state index is 13.9. The van der Waals surface area contributed by atoms with E-state index in [-0.39, 0.29) is 6.10 Å². The summed E-state index contributed by atoms with van der Waals surface area (Å²) in [6, 6.07) is 15.3. The third kappa shape index (κ3) is 3.92. The van der Waals surface area contributed by atoms with Crippen LogP contribution in [0.2, 0.25) is 0 Å². The fraction of sp³-hybridized carbons (Fsp3) is 0.462. The summed E-state index contributed by atoms with van der Waals surface area (Å²) in [6.45, 7) is 5.57. The molecule has 3 fully saturated rings. The maximum Gasteiger partial charge on any atom is 0.328 e. The Bertz CT molecular complexity index is 1030. The second-order valence-electron chi connectivity index (χ2n) is 9.81. The van der Waals surface area contributed by atoms with E-state index in [4.69, 9.17) is 18.9 Å². The fourth-order valence-electron chi connectivity index (χ4n) is 5.63. The van der Waals surface area contributed by atoms with E-state index in [9.17, 15) is 9.59 Å². The summed E-state index contributed by atoms with van der Waals surface area (Å²) in [5, 5.41) is 0. The molecule has 0 N–H and O–H groups in total. The summed E-state index contributed by atoms with van der Waals surface area (Å²) in [4.78, 5) is 27.9. The summed E-state index contributed by atoms with van der Waals surface area (Å²) in [5.74, 6) is -4.56. The van der Waals surface area contributed by atoms with Gasteiger partial charge in [-0.1, -0.05) is 56.1 Å². The molecule has 3 atom stereocenters. The first-order valence-electron chi connectivity index (χ1n) is 11.3. The van der Waals surface area contributed by atoms with E-state index in [2.05, 4.69) is 31.9 Å². The average molecular weight is 594 g/mol. The predicted molar refractivity (Wildman–Crippen MR) is 131 cm³/mol. The van der Waals surface area contributed by atoms with Crippen LogP contribution >= 0.6 is 31.9 Å². The molecule has 0 amide bonds. The van der Waals surface area contributed by atoms with E-state index >= 15 is 0 Å². The van der Waals surface area contributed by atoms with Crippen molar-refractivity contribution in [3.8, 4) is 0 Å². The highest BCUT2D eigenvalue weighted by atomic mass is 79.9. The highest BCUT2D eigenvalue weighted by Gasteiger charge is 2.70. The number of carbonyl (C=O) groups is 2. The third-order valence-corrected chi connectivity index (χ3v) is 8.08. The lowest BCUT2D eigenvalue weighted by molar-refractivity contribution is -0.269. The first-order chi connectivity index (χ1) is 16.0. The monoisotopic (exact) mass is 592 g/mol. The van der Waals surface area contributed by atoms with Crippen molar-refractivity contribution in [2.45, 2.75) is 63.1 Å².